The third-order valence-corrected chi connectivity index (χ3v) is 3.20. The molecule has 0 radical (unpaired) electrons. The maximum atomic E-state index is 11.8. The molecule has 7 heteroatoms. The fraction of sp³-hybridized carbons (Fsp3) is 0.846. The zero-order valence-corrected chi connectivity index (χ0v) is 12.1. The molecule has 1 aliphatic heterocycles. The molecule has 20 heavy (non-hydrogen) atoms. The van der Waals surface area contributed by atoms with Crippen LogP contribution in [-0.4, -0.2) is 61.1 Å². The van der Waals surface area contributed by atoms with Gasteiger partial charge in [-0.05, 0) is 32.6 Å². The Bertz CT molecular complexity index is 324. The van der Waals surface area contributed by atoms with Crippen molar-refractivity contribution in [2.75, 3.05) is 32.9 Å². The highest BCUT2D eigenvalue weighted by Gasteiger charge is 2.31. The second-order valence-electron chi connectivity index (χ2n) is 4.78. The van der Waals surface area contributed by atoms with E-state index in [1.54, 1.807) is 18.7 Å². The number of carbonyl (C=O) groups is 2. The first-order chi connectivity index (χ1) is 9.60. The molecule has 1 aliphatic rings. The van der Waals surface area contributed by atoms with Crippen LogP contribution in [0.1, 0.15) is 26.7 Å². The molecule has 2 amide bonds. The molecule has 0 saturated carbocycles. The van der Waals surface area contributed by atoms with Gasteiger partial charge in [0.25, 0.3) is 0 Å². The number of hydrogen-bond acceptors (Lipinski definition) is 5. The molecule has 0 aliphatic carbocycles. The summed E-state index contributed by atoms with van der Waals surface area (Å²) >= 11 is 0. The Morgan fingerprint density at radius 2 is 1.95 bits per heavy atom. The van der Waals surface area contributed by atoms with E-state index in [0.29, 0.717) is 32.7 Å². The van der Waals surface area contributed by atoms with Crippen molar-refractivity contribution in [3.63, 3.8) is 0 Å². The predicted octanol–water partition coefficient (Wildman–Crippen LogP) is 0.962. The van der Waals surface area contributed by atoms with Gasteiger partial charge in [-0.3, -0.25) is 0 Å². The van der Waals surface area contributed by atoms with Crippen molar-refractivity contribution >= 4 is 12.2 Å². The third-order valence-electron chi connectivity index (χ3n) is 3.20. The molecule has 0 bridgehead atoms. The zero-order chi connectivity index (χ0) is 15.0. The highest BCUT2D eigenvalue weighted by atomic mass is 16.6. The summed E-state index contributed by atoms with van der Waals surface area (Å²) in [4.78, 5) is 24.8. The first kappa shape index (κ1) is 16.6. The van der Waals surface area contributed by atoms with E-state index in [9.17, 15) is 9.59 Å². The molecule has 1 heterocycles. The third kappa shape index (κ3) is 5.24. The van der Waals surface area contributed by atoms with E-state index < -0.39 is 6.09 Å². The van der Waals surface area contributed by atoms with Gasteiger partial charge in [-0.2, -0.15) is 0 Å². The molecule has 0 spiro atoms. The van der Waals surface area contributed by atoms with Crippen LogP contribution in [0.25, 0.3) is 0 Å². The van der Waals surface area contributed by atoms with Crippen molar-refractivity contribution in [2.24, 2.45) is 5.92 Å². The second-order valence-corrected chi connectivity index (χ2v) is 4.78. The first-order valence-corrected chi connectivity index (χ1v) is 7.06. The number of rotatable bonds is 5. The van der Waals surface area contributed by atoms with E-state index in [4.69, 9.17) is 14.6 Å². The first-order valence-electron chi connectivity index (χ1n) is 7.06. The Balaban J connectivity index is 2.60. The van der Waals surface area contributed by atoms with Gasteiger partial charge < -0.3 is 24.8 Å². The maximum absolute atomic E-state index is 11.8. The summed E-state index contributed by atoms with van der Waals surface area (Å²) in [5.74, 6) is 0.144. The van der Waals surface area contributed by atoms with Crippen molar-refractivity contribution in [3.05, 3.63) is 0 Å². The van der Waals surface area contributed by atoms with E-state index in [1.807, 2.05) is 0 Å². The Morgan fingerprint density at radius 3 is 2.55 bits per heavy atom. The fourth-order valence-corrected chi connectivity index (χ4v) is 2.40. The minimum absolute atomic E-state index is 0.0630. The monoisotopic (exact) mass is 288 g/mol. The molecule has 2 N–H and O–H groups in total. The maximum Gasteiger partial charge on any atom is 0.409 e. The lowest BCUT2D eigenvalue weighted by atomic mass is 9.92. The number of ether oxygens (including phenoxy) is 2. The zero-order valence-electron chi connectivity index (χ0n) is 12.1. The molecular formula is C13H24N2O5. The molecule has 1 fully saturated rings. The van der Waals surface area contributed by atoms with Gasteiger partial charge in [0.05, 0.1) is 19.3 Å². The number of piperidine rings is 1. The van der Waals surface area contributed by atoms with Crippen LogP contribution in [0.4, 0.5) is 9.59 Å². The number of alkyl carbamates (subject to hydrolysis) is 1. The molecule has 7 nitrogen and oxygen atoms in total. The van der Waals surface area contributed by atoms with Gasteiger partial charge in [-0.25, -0.2) is 9.59 Å². The van der Waals surface area contributed by atoms with Gasteiger partial charge in [0.15, 0.2) is 0 Å². The summed E-state index contributed by atoms with van der Waals surface area (Å²) in [5.41, 5.74) is 0. The molecule has 2 atom stereocenters. The average molecular weight is 288 g/mol. The van der Waals surface area contributed by atoms with Crippen molar-refractivity contribution in [1.82, 2.24) is 10.2 Å². The van der Waals surface area contributed by atoms with Gasteiger partial charge >= 0.3 is 12.2 Å². The molecule has 116 valence electrons. The largest absolute Gasteiger partial charge is 0.450 e. The van der Waals surface area contributed by atoms with Crippen LogP contribution in [0.5, 0.6) is 0 Å². The number of nitrogens with one attached hydrogen (secondary N) is 1. The lowest BCUT2D eigenvalue weighted by molar-refractivity contribution is 0.0709. The standard InChI is InChI=1S/C13H24N2O5/c1-3-19-12(17)14-11-7-10(5-6-16)8-15(9-11)13(18)20-4-2/h10-11,16H,3-9H2,1-2H3,(H,14,17). The summed E-state index contributed by atoms with van der Waals surface area (Å²) in [6.45, 7) is 5.12. The van der Waals surface area contributed by atoms with E-state index in [-0.39, 0.29) is 24.7 Å². The van der Waals surface area contributed by atoms with Crippen LogP contribution in [0.2, 0.25) is 0 Å². The van der Waals surface area contributed by atoms with Gasteiger partial charge in [0.2, 0.25) is 0 Å². The number of nitrogens with zero attached hydrogens (tertiary/aromatic N) is 1. The van der Waals surface area contributed by atoms with Gasteiger partial charge in [-0.15, -0.1) is 0 Å². The van der Waals surface area contributed by atoms with E-state index in [1.165, 1.54) is 0 Å². The number of amides is 2. The predicted molar refractivity (Wildman–Crippen MR) is 72.4 cm³/mol. The number of hydrogen-bond donors (Lipinski definition) is 2. The molecular weight excluding hydrogens is 264 g/mol. The average Bonchev–Trinajstić information content (AvgIpc) is 2.39. The lowest BCUT2D eigenvalue weighted by Crippen LogP contribution is -2.53. The normalized spacial score (nSPS) is 22.2. The summed E-state index contributed by atoms with van der Waals surface area (Å²) in [7, 11) is 0. The molecule has 1 saturated heterocycles. The topological polar surface area (TPSA) is 88.1 Å². The van der Waals surface area contributed by atoms with Crippen LogP contribution in [0.3, 0.4) is 0 Å². The van der Waals surface area contributed by atoms with Crippen molar-refractivity contribution < 1.29 is 24.2 Å². The minimum Gasteiger partial charge on any atom is -0.450 e. The number of likely N-dealkylation sites (tertiary alicyclic amines) is 1. The highest BCUT2D eigenvalue weighted by Crippen LogP contribution is 2.20. The summed E-state index contributed by atoms with van der Waals surface area (Å²) in [6.07, 6.45) is 0.448. The summed E-state index contributed by atoms with van der Waals surface area (Å²) < 4.78 is 9.84. The van der Waals surface area contributed by atoms with Crippen LogP contribution in [-0.2, 0) is 9.47 Å². The van der Waals surface area contributed by atoms with E-state index in [2.05, 4.69) is 5.32 Å². The van der Waals surface area contributed by atoms with Crippen molar-refractivity contribution in [3.8, 4) is 0 Å². The summed E-state index contributed by atoms with van der Waals surface area (Å²) in [6, 6.07) is -0.177. The quantitative estimate of drug-likeness (QED) is 0.786. The Labute approximate surface area is 119 Å². The fourth-order valence-electron chi connectivity index (χ4n) is 2.40. The van der Waals surface area contributed by atoms with Crippen LogP contribution in [0, 0.1) is 5.92 Å². The Morgan fingerprint density at radius 1 is 1.25 bits per heavy atom. The van der Waals surface area contributed by atoms with Gasteiger partial charge in [0.1, 0.15) is 0 Å². The van der Waals surface area contributed by atoms with Gasteiger partial charge in [0, 0.05) is 19.7 Å². The Hall–Kier alpha value is -1.50. The summed E-state index contributed by atoms with van der Waals surface area (Å²) in [5, 5.41) is 11.8. The van der Waals surface area contributed by atoms with Crippen LogP contribution >= 0.6 is 0 Å². The van der Waals surface area contributed by atoms with Gasteiger partial charge in [-0.1, -0.05) is 0 Å². The molecule has 1 rings (SSSR count). The van der Waals surface area contributed by atoms with Crippen LogP contribution < -0.4 is 5.32 Å². The van der Waals surface area contributed by atoms with E-state index in [0.717, 1.165) is 6.42 Å². The molecule has 2 unspecified atom stereocenters. The SMILES string of the molecule is CCOC(=O)NC1CC(CCO)CN(C(=O)OCC)C1. The Kier molecular flexibility index (Phi) is 7.14. The number of aliphatic hydroxyl groups is 1. The number of carbonyl (C=O) groups excluding carboxylic acids is 2. The molecule has 0 aromatic carbocycles. The number of aliphatic hydroxyl groups excluding tert-OH is 1. The molecule has 0 aromatic rings. The smallest absolute Gasteiger partial charge is 0.409 e. The lowest BCUT2D eigenvalue weighted by Gasteiger charge is -2.37. The van der Waals surface area contributed by atoms with E-state index >= 15 is 0 Å². The van der Waals surface area contributed by atoms with Crippen molar-refractivity contribution in [2.45, 2.75) is 32.7 Å². The van der Waals surface area contributed by atoms with Crippen LogP contribution in [0.15, 0.2) is 0 Å². The minimum atomic E-state index is -0.481. The second kappa shape index (κ2) is 8.63. The van der Waals surface area contributed by atoms with Crippen molar-refractivity contribution in [1.29, 1.82) is 0 Å². The highest BCUT2D eigenvalue weighted by molar-refractivity contribution is 5.69. The molecule has 0 aromatic heterocycles.